The molecule has 0 fully saturated rings. The van der Waals surface area contributed by atoms with Crippen LogP contribution in [-0.2, 0) is 20.8 Å². The molecular weight excluding hydrogens is 510 g/mol. The highest BCUT2D eigenvalue weighted by Gasteiger charge is 2.40. The Hall–Kier alpha value is -5.31. The number of ether oxygens (including phenoxy) is 1. The van der Waals surface area contributed by atoms with Crippen LogP contribution in [0, 0.1) is 0 Å². The lowest BCUT2D eigenvalue weighted by atomic mass is 9.98. The molecule has 3 aromatic carbocycles. The van der Waals surface area contributed by atoms with E-state index >= 15 is 0 Å². The molecule has 1 aromatic heterocycles. The zero-order valence-electron chi connectivity index (χ0n) is 21.2. The average Bonchev–Trinajstić information content (AvgIpc) is 3.43. The summed E-state index contributed by atoms with van der Waals surface area (Å²) >= 11 is 0. The van der Waals surface area contributed by atoms with Gasteiger partial charge in [-0.3, -0.25) is 14.6 Å². The van der Waals surface area contributed by atoms with Crippen LogP contribution in [0.3, 0.4) is 0 Å². The summed E-state index contributed by atoms with van der Waals surface area (Å²) < 4.78 is 5.60. The molecule has 1 atom stereocenters. The Labute approximate surface area is 229 Å². The molecule has 1 unspecified atom stereocenters. The first-order valence-electron chi connectivity index (χ1n) is 12.7. The largest absolute Gasteiger partial charge is 0.449 e. The maximum atomic E-state index is 13.2. The van der Waals surface area contributed by atoms with Gasteiger partial charge in [0.25, 0.3) is 11.8 Å². The predicted molar refractivity (Wildman–Crippen MR) is 143 cm³/mol. The van der Waals surface area contributed by atoms with Crippen molar-refractivity contribution in [2.75, 3.05) is 6.61 Å². The van der Waals surface area contributed by atoms with Crippen LogP contribution in [0.4, 0.5) is 4.79 Å². The molecule has 0 spiro atoms. The second-order valence-corrected chi connectivity index (χ2v) is 9.44. The van der Waals surface area contributed by atoms with Crippen LogP contribution in [0.2, 0.25) is 0 Å². The van der Waals surface area contributed by atoms with Crippen molar-refractivity contribution in [2.24, 2.45) is 0 Å². The van der Waals surface area contributed by atoms with E-state index in [2.05, 4.69) is 10.3 Å². The number of nitrogens with one attached hydrogen (secondary N) is 1. The van der Waals surface area contributed by atoms with Crippen molar-refractivity contribution < 1.29 is 28.8 Å². The van der Waals surface area contributed by atoms with Gasteiger partial charge in [0, 0.05) is 24.7 Å². The summed E-state index contributed by atoms with van der Waals surface area (Å²) in [6.07, 6.45) is 2.29. The number of amides is 3. The Balaban J connectivity index is 1.17. The highest BCUT2D eigenvalue weighted by atomic mass is 16.7. The minimum Gasteiger partial charge on any atom is -0.449 e. The number of hydrogen-bond acceptors (Lipinski definition) is 7. The molecule has 1 aliphatic heterocycles. The van der Waals surface area contributed by atoms with Crippen molar-refractivity contribution in [3.63, 3.8) is 0 Å². The van der Waals surface area contributed by atoms with Crippen LogP contribution in [0.15, 0.2) is 97.3 Å². The van der Waals surface area contributed by atoms with Gasteiger partial charge in [-0.1, -0.05) is 65.7 Å². The van der Waals surface area contributed by atoms with Gasteiger partial charge in [-0.2, -0.15) is 0 Å². The van der Waals surface area contributed by atoms with Gasteiger partial charge in [-0.05, 0) is 52.1 Å². The van der Waals surface area contributed by atoms with E-state index < -0.39 is 29.9 Å². The lowest BCUT2D eigenvalue weighted by molar-refractivity contribution is -0.171. The number of aromatic nitrogens is 1. The number of rotatable bonds is 7. The van der Waals surface area contributed by atoms with Gasteiger partial charge in [-0.15, -0.1) is 0 Å². The smallest absolute Gasteiger partial charge is 0.407 e. The highest BCUT2D eigenvalue weighted by Crippen LogP contribution is 2.44. The Morgan fingerprint density at radius 1 is 0.775 bits per heavy atom. The zero-order chi connectivity index (χ0) is 27.6. The standard InChI is InChI=1S/C31H23N3O6/c35-28-24-11-5-6-12-25(24)29(36)34(28)40-30(37)27(17-19-13-15-32-16-14-19)33-31(38)39-18-26-22-9-3-1-7-20(22)21-8-2-4-10-23(21)26/h1-16,26-27H,17-18H2,(H,33,38). The number of hydroxylamine groups is 2. The molecule has 40 heavy (non-hydrogen) atoms. The van der Waals surface area contributed by atoms with Crippen molar-refractivity contribution in [1.82, 2.24) is 15.4 Å². The minimum absolute atomic E-state index is 0.0225. The fraction of sp³-hybridized carbons (Fsp3) is 0.129. The molecule has 6 rings (SSSR count). The topological polar surface area (TPSA) is 115 Å². The first-order valence-corrected chi connectivity index (χ1v) is 12.7. The molecule has 198 valence electrons. The number of alkyl carbamates (subject to hydrolysis) is 1. The summed E-state index contributed by atoms with van der Waals surface area (Å²) in [6.45, 7) is 0.0509. The number of benzene rings is 3. The molecule has 0 radical (unpaired) electrons. The van der Waals surface area contributed by atoms with Crippen LogP contribution in [0.1, 0.15) is 43.3 Å². The number of pyridine rings is 1. The van der Waals surface area contributed by atoms with Crippen LogP contribution in [0.5, 0.6) is 0 Å². The average molecular weight is 534 g/mol. The van der Waals surface area contributed by atoms with Crippen molar-refractivity contribution in [3.8, 4) is 11.1 Å². The number of fused-ring (bicyclic) bond motifs is 4. The minimum atomic E-state index is -1.25. The van der Waals surface area contributed by atoms with E-state index in [4.69, 9.17) is 9.57 Å². The monoisotopic (exact) mass is 533 g/mol. The number of carbonyl (C=O) groups excluding carboxylic acids is 4. The molecular formula is C31H23N3O6. The van der Waals surface area contributed by atoms with Gasteiger partial charge < -0.3 is 14.9 Å². The van der Waals surface area contributed by atoms with Crippen molar-refractivity contribution >= 4 is 23.9 Å². The van der Waals surface area contributed by atoms with Gasteiger partial charge in [0.2, 0.25) is 0 Å². The quantitative estimate of drug-likeness (QED) is 0.353. The van der Waals surface area contributed by atoms with E-state index in [1.54, 1.807) is 36.7 Å². The molecule has 3 amide bonds. The number of hydrogen-bond donors (Lipinski definition) is 1. The molecule has 1 N–H and O–H groups in total. The Morgan fingerprint density at radius 3 is 1.88 bits per heavy atom. The molecule has 0 saturated heterocycles. The van der Waals surface area contributed by atoms with E-state index in [9.17, 15) is 19.2 Å². The molecule has 1 aliphatic carbocycles. The summed E-state index contributed by atoms with van der Waals surface area (Å²) in [5.74, 6) is -2.66. The number of imide groups is 1. The molecule has 0 bridgehead atoms. The van der Waals surface area contributed by atoms with Crippen molar-refractivity contribution in [2.45, 2.75) is 18.4 Å². The number of carbonyl (C=O) groups is 4. The van der Waals surface area contributed by atoms with Gasteiger partial charge in [0.15, 0.2) is 0 Å². The molecule has 9 heteroatoms. The fourth-order valence-corrected chi connectivity index (χ4v) is 5.13. The zero-order valence-corrected chi connectivity index (χ0v) is 21.2. The third kappa shape index (κ3) is 4.58. The fourth-order valence-electron chi connectivity index (χ4n) is 5.13. The van der Waals surface area contributed by atoms with Gasteiger partial charge in [-0.25, -0.2) is 9.59 Å². The van der Waals surface area contributed by atoms with E-state index in [0.29, 0.717) is 10.6 Å². The predicted octanol–water partition coefficient (Wildman–Crippen LogP) is 4.29. The highest BCUT2D eigenvalue weighted by molar-refractivity contribution is 6.21. The normalized spacial score (nSPS) is 14.2. The summed E-state index contributed by atoms with van der Waals surface area (Å²) in [6, 6.07) is 24.2. The third-order valence-electron chi connectivity index (χ3n) is 7.05. The molecule has 9 nitrogen and oxygen atoms in total. The van der Waals surface area contributed by atoms with Crippen LogP contribution in [0.25, 0.3) is 11.1 Å². The third-order valence-corrected chi connectivity index (χ3v) is 7.05. The molecule has 0 saturated carbocycles. The summed E-state index contributed by atoms with van der Waals surface area (Å²) in [7, 11) is 0. The second kappa shape index (κ2) is 10.5. The molecule has 4 aromatic rings. The maximum absolute atomic E-state index is 13.2. The van der Waals surface area contributed by atoms with Gasteiger partial charge in [0.1, 0.15) is 12.6 Å². The summed E-state index contributed by atoms with van der Waals surface area (Å²) in [5, 5.41) is 2.98. The van der Waals surface area contributed by atoms with Crippen molar-refractivity contribution in [1.29, 1.82) is 0 Å². The summed E-state index contributed by atoms with van der Waals surface area (Å²) in [5.41, 5.74) is 5.23. The lowest BCUT2D eigenvalue weighted by Gasteiger charge is -2.21. The van der Waals surface area contributed by atoms with Crippen LogP contribution < -0.4 is 5.32 Å². The van der Waals surface area contributed by atoms with E-state index in [-0.39, 0.29) is 30.1 Å². The first-order chi connectivity index (χ1) is 19.5. The van der Waals surface area contributed by atoms with E-state index in [1.165, 1.54) is 12.1 Å². The summed E-state index contributed by atoms with van der Waals surface area (Å²) in [4.78, 5) is 60.8. The lowest BCUT2D eigenvalue weighted by Crippen LogP contribution is -2.47. The Kier molecular flexibility index (Phi) is 6.53. The first kappa shape index (κ1) is 25.0. The SMILES string of the molecule is O=C(NC(Cc1ccncc1)C(=O)ON1C(=O)c2ccccc2C1=O)OCC1c2ccccc2-c2ccccc21. The molecule has 2 heterocycles. The van der Waals surface area contributed by atoms with Crippen LogP contribution >= 0.6 is 0 Å². The van der Waals surface area contributed by atoms with Gasteiger partial charge in [0.05, 0.1) is 11.1 Å². The Bertz CT molecular complexity index is 1560. The number of nitrogens with zero attached hydrogens (tertiary/aromatic N) is 2. The van der Waals surface area contributed by atoms with E-state index in [1.807, 2.05) is 48.5 Å². The van der Waals surface area contributed by atoms with Gasteiger partial charge >= 0.3 is 12.1 Å². The van der Waals surface area contributed by atoms with E-state index in [0.717, 1.165) is 22.3 Å². The van der Waals surface area contributed by atoms with Crippen molar-refractivity contribution in [3.05, 3.63) is 125 Å². The molecule has 2 aliphatic rings. The Morgan fingerprint density at radius 2 is 1.30 bits per heavy atom. The second-order valence-electron chi connectivity index (χ2n) is 9.44. The maximum Gasteiger partial charge on any atom is 0.407 e. The van der Waals surface area contributed by atoms with Crippen LogP contribution in [-0.4, -0.2) is 46.6 Å².